The van der Waals surface area contributed by atoms with Gasteiger partial charge in [0.25, 0.3) is 5.69 Å². The van der Waals surface area contributed by atoms with E-state index in [0.29, 0.717) is 11.6 Å². The molecule has 1 aromatic rings. The Hall–Kier alpha value is -1.74. The summed E-state index contributed by atoms with van der Waals surface area (Å²) in [4.78, 5) is 12.5. The molecule has 0 saturated carbocycles. The summed E-state index contributed by atoms with van der Waals surface area (Å²) in [5.74, 6) is 1.02. The zero-order valence-electron chi connectivity index (χ0n) is 10.7. The van der Waals surface area contributed by atoms with Crippen LogP contribution < -0.4 is 4.90 Å². The Balaban J connectivity index is 2.34. The van der Waals surface area contributed by atoms with E-state index in [2.05, 4.69) is 17.2 Å². The Labute approximate surface area is 116 Å². The van der Waals surface area contributed by atoms with Gasteiger partial charge in [-0.05, 0) is 25.2 Å². The van der Waals surface area contributed by atoms with Crippen molar-refractivity contribution in [1.29, 1.82) is 5.26 Å². The predicted molar refractivity (Wildman–Crippen MR) is 76.6 cm³/mol. The number of rotatable bonds is 4. The summed E-state index contributed by atoms with van der Waals surface area (Å²) in [5.41, 5.74) is 1.19. The fraction of sp³-hybridized carbons (Fsp3) is 0.462. The average molecular weight is 277 g/mol. The standard InChI is InChI=1S/C13H15N3O2S/c1-19-9-12-3-2-6-15(12)13-5-4-11(16(17)18)7-10(13)8-14/h4-5,7,12H,2-3,6,9H2,1H3. The lowest BCUT2D eigenvalue weighted by molar-refractivity contribution is -0.384. The molecule has 0 bridgehead atoms. The largest absolute Gasteiger partial charge is 0.367 e. The maximum atomic E-state index is 10.7. The van der Waals surface area contributed by atoms with Crippen LogP contribution in [0.2, 0.25) is 0 Å². The van der Waals surface area contributed by atoms with Gasteiger partial charge in [-0.1, -0.05) is 0 Å². The Morgan fingerprint density at radius 3 is 3.05 bits per heavy atom. The van der Waals surface area contributed by atoms with Crippen molar-refractivity contribution in [1.82, 2.24) is 0 Å². The molecular weight excluding hydrogens is 262 g/mol. The molecule has 1 heterocycles. The number of hydrogen-bond donors (Lipinski definition) is 0. The topological polar surface area (TPSA) is 70.2 Å². The number of anilines is 1. The first-order chi connectivity index (χ1) is 9.17. The number of nitriles is 1. The lowest BCUT2D eigenvalue weighted by Crippen LogP contribution is -2.31. The Morgan fingerprint density at radius 1 is 1.63 bits per heavy atom. The van der Waals surface area contributed by atoms with E-state index in [1.165, 1.54) is 12.1 Å². The van der Waals surface area contributed by atoms with E-state index in [0.717, 1.165) is 30.8 Å². The van der Waals surface area contributed by atoms with E-state index in [-0.39, 0.29) is 5.69 Å². The average Bonchev–Trinajstić information content (AvgIpc) is 2.86. The molecule has 1 aliphatic rings. The highest BCUT2D eigenvalue weighted by molar-refractivity contribution is 7.98. The van der Waals surface area contributed by atoms with Crippen molar-refractivity contribution >= 4 is 23.1 Å². The molecule has 1 aliphatic heterocycles. The highest BCUT2D eigenvalue weighted by Gasteiger charge is 2.26. The van der Waals surface area contributed by atoms with Crippen LogP contribution >= 0.6 is 11.8 Å². The molecule has 6 heteroatoms. The summed E-state index contributed by atoms with van der Waals surface area (Å²) in [6.07, 6.45) is 4.29. The predicted octanol–water partition coefficient (Wildman–Crippen LogP) is 2.80. The molecule has 0 amide bonds. The van der Waals surface area contributed by atoms with Crippen molar-refractivity contribution in [2.45, 2.75) is 18.9 Å². The molecule has 0 aliphatic carbocycles. The maximum absolute atomic E-state index is 10.7. The molecular formula is C13H15N3O2S. The van der Waals surface area contributed by atoms with Crippen molar-refractivity contribution in [3.63, 3.8) is 0 Å². The maximum Gasteiger partial charge on any atom is 0.270 e. The van der Waals surface area contributed by atoms with Crippen LogP contribution in [0.15, 0.2) is 18.2 Å². The number of nitrogens with zero attached hydrogens (tertiary/aromatic N) is 3. The first kappa shape index (κ1) is 13.7. The summed E-state index contributed by atoms with van der Waals surface area (Å²) in [7, 11) is 0. The smallest absolute Gasteiger partial charge is 0.270 e. The van der Waals surface area contributed by atoms with E-state index < -0.39 is 4.92 Å². The van der Waals surface area contributed by atoms with Crippen LogP contribution in [0.3, 0.4) is 0 Å². The highest BCUT2D eigenvalue weighted by Crippen LogP contribution is 2.31. The van der Waals surface area contributed by atoms with Gasteiger partial charge < -0.3 is 4.90 Å². The summed E-state index contributed by atoms with van der Waals surface area (Å²) < 4.78 is 0. The molecule has 1 fully saturated rings. The van der Waals surface area contributed by atoms with Crippen LogP contribution in [0.5, 0.6) is 0 Å². The van der Waals surface area contributed by atoms with Crippen molar-refractivity contribution < 1.29 is 4.92 Å². The molecule has 1 aromatic carbocycles. The van der Waals surface area contributed by atoms with E-state index in [4.69, 9.17) is 0 Å². The van der Waals surface area contributed by atoms with Gasteiger partial charge in [-0.15, -0.1) is 0 Å². The molecule has 1 unspecified atom stereocenters. The minimum Gasteiger partial charge on any atom is -0.367 e. The van der Waals surface area contributed by atoms with E-state index >= 15 is 0 Å². The highest BCUT2D eigenvalue weighted by atomic mass is 32.2. The Bertz CT molecular complexity index is 527. The molecule has 1 atom stereocenters. The SMILES string of the molecule is CSCC1CCCN1c1ccc([N+](=O)[O-])cc1C#N. The number of non-ortho nitro benzene ring substituents is 1. The van der Waals surface area contributed by atoms with Gasteiger partial charge in [-0.25, -0.2) is 0 Å². The number of hydrogen-bond acceptors (Lipinski definition) is 5. The zero-order valence-corrected chi connectivity index (χ0v) is 11.5. The van der Waals surface area contributed by atoms with Gasteiger partial charge in [0, 0.05) is 30.5 Å². The quantitative estimate of drug-likeness (QED) is 0.625. The van der Waals surface area contributed by atoms with Gasteiger partial charge in [0.2, 0.25) is 0 Å². The number of thioether (sulfide) groups is 1. The minimum atomic E-state index is -0.464. The lowest BCUT2D eigenvalue weighted by Gasteiger charge is -2.27. The van der Waals surface area contributed by atoms with E-state index in [9.17, 15) is 15.4 Å². The molecule has 100 valence electrons. The second-order valence-electron chi connectivity index (χ2n) is 4.52. The van der Waals surface area contributed by atoms with Crippen LogP contribution in [0.25, 0.3) is 0 Å². The van der Waals surface area contributed by atoms with Gasteiger partial charge in [0.1, 0.15) is 6.07 Å². The second-order valence-corrected chi connectivity index (χ2v) is 5.43. The molecule has 19 heavy (non-hydrogen) atoms. The van der Waals surface area contributed by atoms with Crippen LogP contribution in [0, 0.1) is 21.4 Å². The van der Waals surface area contributed by atoms with Gasteiger partial charge >= 0.3 is 0 Å². The third kappa shape index (κ3) is 2.82. The van der Waals surface area contributed by atoms with Crippen molar-refractivity contribution in [3.8, 4) is 6.07 Å². The van der Waals surface area contributed by atoms with Crippen molar-refractivity contribution in [2.75, 3.05) is 23.5 Å². The Morgan fingerprint density at radius 2 is 2.42 bits per heavy atom. The fourth-order valence-corrected chi connectivity index (χ4v) is 3.23. The fourth-order valence-electron chi connectivity index (χ4n) is 2.50. The summed E-state index contributed by atoms with van der Waals surface area (Å²) in [6, 6.07) is 7.04. The molecule has 0 spiro atoms. The summed E-state index contributed by atoms with van der Waals surface area (Å²) >= 11 is 1.79. The van der Waals surface area contributed by atoms with E-state index in [1.807, 2.05) is 0 Å². The van der Waals surface area contributed by atoms with Crippen LogP contribution in [-0.2, 0) is 0 Å². The third-order valence-corrected chi connectivity index (χ3v) is 4.08. The number of nitro benzene ring substituents is 1. The first-order valence-corrected chi connectivity index (χ1v) is 7.51. The minimum absolute atomic E-state index is 0.0269. The molecule has 0 radical (unpaired) electrons. The summed E-state index contributed by atoms with van der Waals surface area (Å²) in [6.45, 7) is 0.914. The van der Waals surface area contributed by atoms with Crippen LogP contribution in [0.1, 0.15) is 18.4 Å². The van der Waals surface area contributed by atoms with Gasteiger partial charge in [-0.2, -0.15) is 17.0 Å². The molecule has 0 N–H and O–H groups in total. The van der Waals surface area contributed by atoms with E-state index in [1.54, 1.807) is 17.8 Å². The number of benzene rings is 1. The monoisotopic (exact) mass is 277 g/mol. The summed E-state index contributed by atoms with van der Waals surface area (Å²) in [5, 5.41) is 19.9. The normalized spacial score (nSPS) is 18.3. The molecule has 2 rings (SSSR count). The zero-order chi connectivity index (χ0) is 13.8. The molecule has 0 aromatic heterocycles. The molecule has 1 saturated heterocycles. The van der Waals surface area contributed by atoms with Gasteiger partial charge in [0.15, 0.2) is 0 Å². The van der Waals surface area contributed by atoms with Crippen LogP contribution in [0.4, 0.5) is 11.4 Å². The first-order valence-electron chi connectivity index (χ1n) is 6.11. The van der Waals surface area contributed by atoms with Gasteiger partial charge in [0.05, 0.1) is 16.2 Å². The van der Waals surface area contributed by atoms with Crippen LogP contribution in [-0.4, -0.2) is 29.5 Å². The molecule has 5 nitrogen and oxygen atoms in total. The number of nitro groups is 1. The third-order valence-electron chi connectivity index (χ3n) is 3.36. The van der Waals surface area contributed by atoms with Crippen molar-refractivity contribution in [3.05, 3.63) is 33.9 Å². The second kappa shape index (κ2) is 5.93. The Kier molecular flexibility index (Phi) is 4.27. The lowest BCUT2D eigenvalue weighted by atomic mass is 10.1. The van der Waals surface area contributed by atoms with Gasteiger partial charge in [-0.3, -0.25) is 10.1 Å². The van der Waals surface area contributed by atoms with Crippen molar-refractivity contribution in [2.24, 2.45) is 0 Å².